The van der Waals surface area contributed by atoms with Gasteiger partial charge >= 0.3 is 0 Å². The maximum atomic E-state index is 11.8. The summed E-state index contributed by atoms with van der Waals surface area (Å²) in [4.78, 5) is 11.8. The van der Waals surface area contributed by atoms with Crippen LogP contribution in [-0.2, 0) is 23.1 Å². The van der Waals surface area contributed by atoms with E-state index >= 15 is 0 Å². The number of nitrogens with one attached hydrogen (secondary N) is 2. The zero-order valence-electron chi connectivity index (χ0n) is 10.6. The largest absolute Gasteiger partial charge is 0.368 e. The van der Waals surface area contributed by atoms with Gasteiger partial charge in [0.15, 0.2) is 10.6 Å². The molecule has 2 rings (SSSR count). The lowest BCUT2D eigenvalue weighted by molar-refractivity contribution is -0.132. The molecule has 1 aromatic rings. The minimum absolute atomic E-state index is 0.121. The van der Waals surface area contributed by atoms with Crippen LogP contribution in [-0.4, -0.2) is 33.4 Å². The monoisotopic (exact) mass is 270 g/mol. The van der Waals surface area contributed by atoms with Crippen molar-refractivity contribution in [3.63, 3.8) is 0 Å². The van der Waals surface area contributed by atoms with Gasteiger partial charge in [0.1, 0.15) is 6.10 Å². The first kappa shape index (κ1) is 13.2. The quantitative estimate of drug-likeness (QED) is 0.754. The molecule has 1 heterocycles. The fourth-order valence-corrected chi connectivity index (χ4v) is 1.64. The molecule has 0 radical (unpaired) electrons. The number of nitrogens with zero attached hydrogens (tertiary/aromatic N) is 2. The lowest BCUT2D eigenvalue weighted by Crippen LogP contribution is -2.35. The highest BCUT2D eigenvalue weighted by atomic mass is 32.1. The minimum atomic E-state index is -0.419. The van der Waals surface area contributed by atoms with Crippen LogP contribution in [0.1, 0.15) is 25.6 Å². The summed E-state index contributed by atoms with van der Waals surface area (Å²) in [6, 6.07) is 0. The Labute approximate surface area is 111 Å². The van der Waals surface area contributed by atoms with Gasteiger partial charge in [-0.05, 0) is 37.9 Å². The van der Waals surface area contributed by atoms with E-state index in [1.807, 2.05) is 0 Å². The first-order chi connectivity index (χ1) is 8.58. The topological polar surface area (TPSA) is 71.9 Å². The molecule has 1 aliphatic rings. The molecule has 1 saturated carbocycles. The van der Waals surface area contributed by atoms with E-state index in [1.54, 1.807) is 18.5 Å². The van der Waals surface area contributed by atoms with Crippen LogP contribution in [0.25, 0.3) is 0 Å². The summed E-state index contributed by atoms with van der Waals surface area (Å²) >= 11 is 4.99. The number of hydrogen-bond donors (Lipinski definition) is 2. The zero-order valence-corrected chi connectivity index (χ0v) is 11.4. The number of carbonyl (C=O) groups excluding carboxylic acids is 1. The predicted molar refractivity (Wildman–Crippen MR) is 68.4 cm³/mol. The summed E-state index contributed by atoms with van der Waals surface area (Å²) in [6.07, 6.45) is 2.02. The highest BCUT2D eigenvalue weighted by molar-refractivity contribution is 7.71. The second-order valence-electron chi connectivity index (χ2n) is 4.64. The first-order valence-corrected chi connectivity index (χ1v) is 6.48. The van der Waals surface area contributed by atoms with Crippen molar-refractivity contribution in [1.82, 2.24) is 20.1 Å². The molecule has 0 aliphatic heterocycles. The molecular formula is C11H18N4O2S. The summed E-state index contributed by atoms with van der Waals surface area (Å²) < 4.78 is 7.75. The van der Waals surface area contributed by atoms with Crippen molar-refractivity contribution in [2.75, 3.05) is 6.61 Å². The number of aromatic amines is 1. The molecule has 1 fully saturated rings. The van der Waals surface area contributed by atoms with Crippen molar-refractivity contribution in [3.8, 4) is 0 Å². The van der Waals surface area contributed by atoms with Crippen molar-refractivity contribution >= 4 is 18.1 Å². The maximum Gasteiger partial charge on any atom is 0.249 e. The number of ether oxygens (including phenoxy) is 1. The lowest BCUT2D eigenvalue weighted by atomic mass is 10.3. The summed E-state index contributed by atoms with van der Waals surface area (Å²) in [7, 11) is 1.81. The van der Waals surface area contributed by atoms with Crippen molar-refractivity contribution < 1.29 is 9.53 Å². The summed E-state index contributed by atoms with van der Waals surface area (Å²) in [5.74, 6) is 1.24. The van der Waals surface area contributed by atoms with Crippen molar-refractivity contribution in [2.45, 2.75) is 32.4 Å². The lowest BCUT2D eigenvalue weighted by Gasteiger charge is -2.12. The molecule has 0 aromatic carbocycles. The van der Waals surface area contributed by atoms with Gasteiger partial charge in [0, 0.05) is 7.05 Å². The summed E-state index contributed by atoms with van der Waals surface area (Å²) in [6.45, 7) is 2.79. The molecule has 2 N–H and O–H groups in total. The van der Waals surface area contributed by atoms with E-state index in [0.29, 0.717) is 29.7 Å². The molecule has 0 saturated heterocycles. The highest BCUT2D eigenvalue weighted by Crippen LogP contribution is 2.29. The minimum Gasteiger partial charge on any atom is -0.368 e. The summed E-state index contributed by atoms with van der Waals surface area (Å²) in [5, 5.41) is 9.48. The van der Waals surface area contributed by atoms with Gasteiger partial charge in [-0.3, -0.25) is 9.89 Å². The molecule has 1 aliphatic carbocycles. The maximum absolute atomic E-state index is 11.8. The number of carbonyl (C=O) groups is 1. The SMILES string of the molecule is C[C@@H](OCC1CC1)C(=O)NCc1n[nH]c(=S)n1C. The van der Waals surface area contributed by atoms with Crippen LogP contribution < -0.4 is 5.32 Å². The van der Waals surface area contributed by atoms with Crippen LogP contribution in [0, 0.1) is 10.7 Å². The van der Waals surface area contributed by atoms with Gasteiger partial charge < -0.3 is 14.6 Å². The van der Waals surface area contributed by atoms with E-state index in [4.69, 9.17) is 17.0 Å². The normalized spacial score (nSPS) is 16.6. The fourth-order valence-electron chi connectivity index (χ4n) is 1.49. The van der Waals surface area contributed by atoms with Gasteiger partial charge in [0.25, 0.3) is 0 Å². The second-order valence-corrected chi connectivity index (χ2v) is 5.03. The van der Waals surface area contributed by atoms with Crippen molar-refractivity contribution in [2.24, 2.45) is 13.0 Å². The molecule has 0 bridgehead atoms. The number of aromatic nitrogens is 3. The Morgan fingerprint density at radius 2 is 2.44 bits per heavy atom. The van der Waals surface area contributed by atoms with E-state index in [1.165, 1.54) is 12.8 Å². The Balaban J connectivity index is 1.76. The molecule has 1 aromatic heterocycles. The third-order valence-corrected chi connectivity index (χ3v) is 3.41. The number of rotatable bonds is 6. The second kappa shape index (κ2) is 5.62. The van der Waals surface area contributed by atoms with Crippen molar-refractivity contribution in [1.29, 1.82) is 0 Å². The third kappa shape index (κ3) is 3.39. The van der Waals surface area contributed by atoms with E-state index in [0.717, 1.165) is 0 Å². The predicted octanol–water partition coefficient (Wildman–Crippen LogP) is 0.909. The molecule has 100 valence electrons. The Hall–Kier alpha value is -1.21. The van der Waals surface area contributed by atoms with E-state index in [9.17, 15) is 4.79 Å². The molecule has 1 atom stereocenters. The van der Waals surface area contributed by atoms with Gasteiger partial charge in [-0.15, -0.1) is 0 Å². The van der Waals surface area contributed by atoms with Crippen LogP contribution in [0.4, 0.5) is 0 Å². The van der Waals surface area contributed by atoms with E-state index in [-0.39, 0.29) is 5.91 Å². The van der Waals surface area contributed by atoms with Gasteiger partial charge in [0.05, 0.1) is 13.2 Å². The standard InChI is InChI=1S/C11H18N4O2S/c1-7(17-6-8-3-4-8)10(16)12-5-9-13-14-11(18)15(9)2/h7-8H,3-6H2,1-2H3,(H,12,16)(H,14,18)/t7-/m1/s1. The number of amides is 1. The Bertz CT molecular complexity index is 478. The first-order valence-electron chi connectivity index (χ1n) is 6.07. The van der Waals surface area contributed by atoms with Gasteiger partial charge in [0.2, 0.25) is 5.91 Å². The molecule has 0 unspecified atom stereocenters. The third-order valence-electron chi connectivity index (χ3n) is 3.04. The highest BCUT2D eigenvalue weighted by Gasteiger charge is 2.24. The number of H-pyrrole nitrogens is 1. The molecule has 6 nitrogen and oxygen atoms in total. The van der Waals surface area contributed by atoms with Crippen LogP contribution in [0.2, 0.25) is 0 Å². The van der Waals surface area contributed by atoms with E-state index < -0.39 is 6.10 Å². The van der Waals surface area contributed by atoms with Crippen LogP contribution in [0.15, 0.2) is 0 Å². The fraction of sp³-hybridized carbons (Fsp3) is 0.727. The van der Waals surface area contributed by atoms with E-state index in [2.05, 4.69) is 15.5 Å². The van der Waals surface area contributed by atoms with Crippen LogP contribution in [0.5, 0.6) is 0 Å². The Morgan fingerprint density at radius 1 is 1.72 bits per heavy atom. The molecular weight excluding hydrogens is 252 g/mol. The van der Waals surface area contributed by atoms with Gasteiger partial charge in [-0.2, -0.15) is 5.10 Å². The average molecular weight is 270 g/mol. The molecule has 0 spiro atoms. The van der Waals surface area contributed by atoms with Gasteiger partial charge in [-0.1, -0.05) is 0 Å². The van der Waals surface area contributed by atoms with Crippen molar-refractivity contribution in [3.05, 3.63) is 10.6 Å². The number of hydrogen-bond acceptors (Lipinski definition) is 4. The molecule has 1 amide bonds. The molecule has 7 heteroatoms. The Morgan fingerprint density at radius 3 is 3.00 bits per heavy atom. The van der Waals surface area contributed by atoms with Gasteiger partial charge in [-0.25, -0.2) is 0 Å². The smallest absolute Gasteiger partial charge is 0.249 e. The Kier molecular flexibility index (Phi) is 4.13. The average Bonchev–Trinajstić information content (AvgIpc) is 3.13. The summed E-state index contributed by atoms with van der Waals surface area (Å²) in [5.41, 5.74) is 0. The van der Waals surface area contributed by atoms with Crippen LogP contribution >= 0.6 is 12.2 Å². The molecule has 18 heavy (non-hydrogen) atoms. The van der Waals surface area contributed by atoms with Crippen LogP contribution in [0.3, 0.4) is 0 Å². The zero-order chi connectivity index (χ0) is 13.1.